The summed E-state index contributed by atoms with van der Waals surface area (Å²) in [5.74, 6) is 0.148. The third kappa shape index (κ3) is 3.39. The van der Waals surface area contributed by atoms with E-state index in [-0.39, 0.29) is 23.3 Å². The van der Waals surface area contributed by atoms with E-state index in [9.17, 15) is 4.79 Å². The van der Waals surface area contributed by atoms with Gasteiger partial charge in [-0.2, -0.15) is 0 Å². The molecule has 0 amide bonds. The van der Waals surface area contributed by atoms with Crippen molar-refractivity contribution in [3.05, 3.63) is 16.0 Å². The number of nitrogens with two attached hydrogens (primary N) is 1. The molecular formula is C17H25BrN4O3. The van der Waals surface area contributed by atoms with Crippen LogP contribution < -0.4 is 10.6 Å². The molecule has 2 saturated heterocycles. The second-order valence-corrected chi connectivity index (χ2v) is 7.63. The lowest BCUT2D eigenvalue weighted by molar-refractivity contribution is 0.0519. The van der Waals surface area contributed by atoms with Crippen molar-refractivity contribution in [1.29, 1.82) is 0 Å². The van der Waals surface area contributed by atoms with Gasteiger partial charge < -0.3 is 20.1 Å². The molecule has 1 aromatic heterocycles. The Balaban J connectivity index is 1.83. The highest BCUT2D eigenvalue weighted by atomic mass is 79.9. The first-order valence-corrected chi connectivity index (χ1v) is 9.50. The number of halogens is 1. The molecule has 2 fully saturated rings. The van der Waals surface area contributed by atoms with E-state index in [1.807, 2.05) is 13.8 Å². The highest BCUT2D eigenvalue weighted by molar-refractivity contribution is 9.10. The first-order valence-electron chi connectivity index (χ1n) is 8.71. The van der Waals surface area contributed by atoms with Gasteiger partial charge in [-0.25, -0.2) is 14.8 Å². The van der Waals surface area contributed by atoms with Crippen LogP contribution in [0.2, 0.25) is 0 Å². The lowest BCUT2D eigenvalue weighted by Gasteiger charge is -2.41. The average molecular weight is 413 g/mol. The maximum atomic E-state index is 12.3. The number of carbonyl (C=O) groups excluding carboxylic acids is 1. The standard InChI is InChI=1S/C17H25BrN4O3/c1-4-24-16(23)12-15(20-10(2)14(18)21-12)22-7-5-17(6-8-22)9-25-11(3)13(17)19/h11,13H,4-9,19H2,1-3H3/t11-,13?/m0/s1. The Morgan fingerprint density at radius 1 is 1.44 bits per heavy atom. The Labute approximate surface area is 156 Å². The SMILES string of the molecule is CCOC(=O)c1nc(Br)c(C)nc1N1CCC2(CC1)CO[C@@H](C)C2N. The number of ether oxygens (including phenoxy) is 2. The molecule has 1 aromatic rings. The number of carbonyl (C=O) groups is 1. The summed E-state index contributed by atoms with van der Waals surface area (Å²) in [6.07, 6.45) is 1.92. The summed E-state index contributed by atoms with van der Waals surface area (Å²) >= 11 is 3.35. The Bertz CT molecular complexity index is 662. The van der Waals surface area contributed by atoms with E-state index in [0.717, 1.165) is 31.6 Å². The summed E-state index contributed by atoms with van der Waals surface area (Å²) in [4.78, 5) is 23.4. The lowest BCUT2D eigenvalue weighted by Crippen LogP contribution is -2.51. The Morgan fingerprint density at radius 3 is 2.68 bits per heavy atom. The second-order valence-electron chi connectivity index (χ2n) is 6.88. The number of anilines is 1. The van der Waals surface area contributed by atoms with Crippen LogP contribution in [-0.4, -0.2) is 54.4 Å². The Hall–Kier alpha value is -1.25. The van der Waals surface area contributed by atoms with Crippen molar-refractivity contribution >= 4 is 27.7 Å². The predicted molar refractivity (Wildman–Crippen MR) is 97.7 cm³/mol. The fourth-order valence-electron chi connectivity index (χ4n) is 3.68. The molecule has 25 heavy (non-hydrogen) atoms. The first kappa shape index (κ1) is 18.5. The van der Waals surface area contributed by atoms with Crippen LogP contribution in [0.4, 0.5) is 5.82 Å². The number of nitrogens with zero attached hydrogens (tertiary/aromatic N) is 3. The summed E-state index contributed by atoms with van der Waals surface area (Å²) < 4.78 is 11.5. The monoisotopic (exact) mass is 412 g/mol. The summed E-state index contributed by atoms with van der Waals surface area (Å²) in [5.41, 5.74) is 7.42. The smallest absolute Gasteiger partial charge is 0.360 e. The zero-order valence-electron chi connectivity index (χ0n) is 14.9. The molecule has 2 aliphatic rings. The van der Waals surface area contributed by atoms with Crippen LogP contribution in [0.1, 0.15) is 42.9 Å². The first-order chi connectivity index (χ1) is 11.9. The number of esters is 1. The summed E-state index contributed by atoms with van der Waals surface area (Å²) in [5, 5.41) is 0. The van der Waals surface area contributed by atoms with Gasteiger partial charge in [-0.3, -0.25) is 0 Å². The molecule has 0 bridgehead atoms. The fraction of sp³-hybridized carbons (Fsp3) is 0.706. The van der Waals surface area contributed by atoms with Crippen molar-refractivity contribution in [2.45, 2.75) is 45.8 Å². The van der Waals surface area contributed by atoms with Crippen molar-refractivity contribution in [2.75, 3.05) is 31.2 Å². The van der Waals surface area contributed by atoms with Crippen LogP contribution >= 0.6 is 15.9 Å². The highest BCUT2D eigenvalue weighted by Gasteiger charge is 2.48. The molecule has 1 spiro atoms. The number of aryl methyl sites for hydroxylation is 1. The number of aromatic nitrogens is 2. The average Bonchev–Trinajstić information content (AvgIpc) is 2.87. The lowest BCUT2D eigenvalue weighted by atomic mass is 9.73. The molecule has 2 N–H and O–H groups in total. The van der Waals surface area contributed by atoms with Crippen LogP contribution in [0, 0.1) is 12.3 Å². The molecule has 138 valence electrons. The molecule has 0 saturated carbocycles. The molecule has 0 aliphatic carbocycles. The maximum Gasteiger partial charge on any atom is 0.360 e. The normalized spacial score (nSPS) is 25.4. The minimum Gasteiger partial charge on any atom is -0.461 e. The third-order valence-electron chi connectivity index (χ3n) is 5.37. The largest absolute Gasteiger partial charge is 0.461 e. The quantitative estimate of drug-likeness (QED) is 0.759. The van der Waals surface area contributed by atoms with Crippen LogP contribution in [0.3, 0.4) is 0 Å². The molecule has 2 atom stereocenters. The van der Waals surface area contributed by atoms with Gasteiger partial charge in [0, 0.05) is 24.5 Å². The van der Waals surface area contributed by atoms with Gasteiger partial charge in [0.25, 0.3) is 0 Å². The van der Waals surface area contributed by atoms with Gasteiger partial charge in [-0.05, 0) is 49.5 Å². The zero-order chi connectivity index (χ0) is 18.2. The van der Waals surface area contributed by atoms with Crippen molar-refractivity contribution in [2.24, 2.45) is 11.1 Å². The van der Waals surface area contributed by atoms with E-state index < -0.39 is 5.97 Å². The van der Waals surface area contributed by atoms with Crippen molar-refractivity contribution in [3.63, 3.8) is 0 Å². The van der Waals surface area contributed by atoms with E-state index in [1.54, 1.807) is 6.92 Å². The van der Waals surface area contributed by atoms with Crippen molar-refractivity contribution in [1.82, 2.24) is 9.97 Å². The fourth-order valence-corrected chi connectivity index (χ4v) is 3.95. The molecule has 3 heterocycles. The molecule has 1 unspecified atom stereocenters. The van der Waals surface area contributed by atoms with Gasteiger partial charge in [0.2, 0.25) is 0 Å². The van der Waals surface area contributed by atoms with Gasteiger partial charge in [-0.15, -0.1) is 0 Å². The zero-order valence-corrected chi connectivity index (χ0v) is 16.5. The minimum atomic E-state index is -0.444. The van der Waals surface area contributed by atoms with Crippen molar-refractivity contribution < 1.29 is 14.3 Å². The van der Waals surface area contributed by atoms with Crippen LogP contribution in [0.5, 0.6) is 0 Å². The summed E-state index contributed by atoms with van der Waals surface area (Å²) in [7, 11) is 0. The third-order valence-corrected chi connectivity index (χ3v) is 6.12. The molecule has 0 aromatic carbocycles. The van der Waals surface area contributed by atoms with Crippen molar-refractivity contribution in [3.8, 4) is 0 Å². The molecule has 8 heteroatoms. The van der Waals surface area contributed by atoms with Gasteiger partial charge in [0.15, 0.2) is 11.5 Å². The molecule has 0 radical (unpaired) electrons. The van der Waals surface area contributed by atoms with E-state index in [4.69, 9.17) is 15.2 Å². The highest BCUT2D eigenvalue weighted by Crippen LogP contribution is 2.42. The molecule has 3 rings (SSSR count). The maximum absolute atomic E-state index is 12.3. The van der Waals surface area contributed by atoms with Gasteiger partial charge in [-0.1, -0.05) is 0 Å². The number of hydrogen-bond donors (Lipinski definition) is 1. The Morgan fingerprint density at radius 2 is 2.12 bits per heavy atom. The van der Waals surface area contributed by atoms with E-state index in [0.29, 0.717) is 23.6 Å². The van der Waals surface area contributed by atoms with E-state index >= 15 is 0 Å². The second kappa shape index (κ2) is 7.17. The number of piperidine rings is 1. The predicted octanol–water partition coefficient (Wildman–Crippen LogP) is 2.06. The number of hydrogen-bond acceptors (Lipinski definition) is 7. The molecular weight excluding hydrogens is 388 g/mol. The topological polar surface area (TPSA) is 90.6 Å². The van der Waals surface area contributed by atoms with Crippen LogP contribution in [-0.2, 0) is 9.47 Å². The molecule has 2 aliphatic heterocycles. The molecule has 7 nitrogen and oxygen atoms in total. The number of rotatable bonds is 3. The van der Waals surface area contributed by atoms with Crippen LogP contribution in [0.25, 0.3) is 0 Å². The van der Waals surface area contributed by atoms with Gasteiger partial charge in [0.05, 0.1) is 25.0 Å². The Kier molecular flexibility index (Phi) is 5.31. The van der Waals surface area contributed by atoms with Crippen LogP contribution in [0.15, 0.2) is 4.60 Å². The van der Waals surface area contributed by atoms with Gasteiger partial charge >= 0.3 is 5.97 Å². The van der Waals surface area contributed by atoms with E-state index in [2.05, 4.69) is 30.8 Å². The van der Waals surface area contributed by atoms with E-state index in [1.165, 1.54) is 0 Å². The summed E-state index contributed by atoms with van der Waals surface area (Å²) in [6.45, 7) is 8.23. The summed E-state index contributed by atoms with van der Waals surface area (Å²) in [6, 6.07) is 0.0527. The minimum absolute atomic E-state index is 0.0256. The van der Waals surface area contributed by atoms with Gasteiger partial charge in [0.1, 0.15) is 4.60 Å².